The molecule has 0 saturated heterocycles. The van der Waals surface area contributed by atoms with Crippen molar-refractivity contribution >= 4 is 6.09 Å². The normalized spacial score (nSPS) is 9.27. The minimum Gasteiger partial charge on any atom is -0.448 e. The van der Waals surface area contributed by atoms with Crippen molar-refractivity contribution in [3.63, 3.8) is 0 Å². The van der Waals surface area contributed by atoms with E-state index in [-0.39, 0.29) is 6.09 Å². The molecule has 0 bridgehead atoms. The van der Waals surface area contributed by atoms with E-state index >= 15 is 0 Å². The molecule has 2 N–H and O–H groups in total. The van der Waals surface area contributed by atoms with Crippen LogP contribution in [0.4, 0.5) is 4.79 Å². The SMILES string of the molecule is CCCNCCOC(=O)NC. The van der Waals surface area contributed by atoms with Crippen LogP contribution >= 0.6 is 0 Å². The fourth-order valence-electron chi connectivity index (χ4n) is 0.590. The molecule has 0 radical (unpaired) electrons. The first kappa shape index (κ1) is 10.2. The van der Waals surface area contributed by atoms with Crippen LogP contribution in [0.1, 0.15) is 13.3 Å². The Morgan fingerprint density at radius 3 is 2.73 bits per heavy atom. The highest BCUT2D eigenvalue weighted by molar-refractivity contribution is 5.66. The van der Waals surface area contributed by atoms with Crippen LogP contribution in [-0.4, -0.2) is 32.8 Å². The Morgan fingerprint density at radius 1 is 1.45 bits per heavy atom. The fraction of sp³-hybridized carbons (Fsp3) is 0.857. The van der Waals surface area contributed by atoms with Gasteiger partial charge in [0.15, 0.2) is 0 Å². The van der Waals surface area contributed by atoms with Gasteiger partial charge in [-0.25, -0.2) is 4.79 Å². The van der Waals surface area contributed by atoms with E-state index in [0.29, 0.717) is 6.61 Å². The van der Waals surface area contributed by atoms with E-state index in [1.165, 1.54) is 0 Å². The highest BCUT2D eigenvalue weighted by Crippen LogP contribution is 1.75. The molecular weight excluding hydrogens is 144 g/mol. The first-order chi connectivity index (χ1) is 5.31. The van der Waals surface area contributed by atoms with Crippen molar-refractivity contribution in [3.05, 3.63) is 0 Å². The van der Waals surface area contributed by atoms with Gasteiger partial charge < -0.3 is 15.4 Å². The molecule has 0 saturated carbocycles. The van der Waals surface area contributed by atoms with E-state index in [1.54, 1.807) is 7.05 Å². The molecule has 0 spiro atoms. The molecule has 1 amide bonds. The first-order valence-corrected chi connectivity index (χ1v) is 3.86. The van der Waals surface area contributed by atoms with Crippen molar-refractivity contribution in [2.45, 2.75) is 13.3 Å². The van der Waals surface area contributed by atoms with Crippen LogP contribution in [-0.2, 0) is 4.74 Å². The molecular formula is C7H16N2O2. The Hall–Kier alpha value is -0.770. The average Bonchev–Trinajstić information content (AvgIpc) is 2.04. The van der Waals surface area contributed by atoms with Crippen molar-refractivity contribution in [3.8, 4) is 0 Å². The number of hydrogen-bond acceptors (Lipinski definition) is 3. The zero-order chi connectivity index (χ0) is 8.53. The minimum absolute atomic E-state index is 0.372. The minimum atomic E-state index is -0.372. The Morgan fingerprint density at radius 2 is 2.18 bits per heavy atom. The van der Waals surface area contributed by atoms with Crippen LogP contribution < -0.4 is 10.6 Å². The monoisotopic (exact) mass is 160 g/mol. The fourth-order valence-corrected chi connectivity index (χ4v) is 0.590. The van der Waals surface area contributed by atoms with Crippen molar-refractivity contribution in [2.75, 3.05) is 26.7 Å². The van der Waals surface area contributed by atoms with Gasteiger partial charge in [0.1, 0.15) is 6.61 Å². The molecule has 66 valence electrons. The van der Waals surface area contributed by atoms with Crippen LogP contribution in [0, 0.1) is 0 Å². The van der Waals surface area contributed by atoms with Crippen molar-refractivity contribution < 1.29 is 9.53 Å². The number of alkyl carbamates (subject to hydrolysis) is 1. The van der Waals surface area contributed by atoms with Crippen LogP contribution in [0.15, 0.2) is 0 Å². The van der Waals surface area contributed by atoms with E-state index in [4.69, 9.17) is 4.74 Å². The molecule has 0 aromatic carbocycles. The Labute approximate surface area is 67.3 Å². The summed E-state index contributed by atoms with van der Waals surface area (Å²) in [6, 6.07) is 0. The van der Waals surface area contributed by atoms with Crippen molar-refractivity contribution in [2.24, 2.45) is 0 Å². The predicted octanol–water partition coefficient (Wildman–Crippen LogP) is 0.342. The van der Waals surface area contributed by atoms with Crippen LogP contribution in [0.2, 0.25) is 0 Å². The van der Waals surface area contributed by atoms with Crippen molar-refractivity contribution in [1.82, 2.24) is 10.6 Å². The summed E-state index contributed by atoms with van der Waals surface area (Å²) in [6.07, 6.45) is 0.725. The Bertz CT molecular complexity index is 107. The van der Waals surface area contributed by atoms with Gasteiger partial charge in [-0.3, -0.25) is 0 Å². The topological polar surface area (TPSA) is 50.4 Å². The molecule has 0 aromatic heterocycles. The molecule has 4 nitrogen and oxygen atoms in total. The van der Waals surface area contributed by atoms with Gasteiger partial charge in [0.25, 0.3) is 0 Å². The largest absolute Gasteiger partial charge is 0.448 e. The van der Waals surface area contributed by atoms with E-state index in [0.717, 1.165) is 19.5 Å². The summed E-state index contributed by atoms with van der Waals surface area (Å²) in [7, 11) is 1.54. The summed E-state index contributed by atoms with van der Waals surface area (Å²) in [6.45, 7) is 4.21. The Kier molecular flexibility index (Phi) is 6.82. The Balaban J connectivity index is 2.95. The summed E-state index contributed by atoms with van der Waals surface area (Å²) in [4.78, 5) is 10.5. The lowest BCUT2D eigenvalue weighted by Crippen LogP contribution is -2.25. The lowest BCUT2D eigenvalue weighted by Gasteiger charge is -2.03. The van der Waals surface area contributed by atoms with E-state index in [9.17, 15) is 4.79 Å². The van der Waals surface area contributed by atoms with Gasteiger partial charge in [-0.15, -0.1) is 0 Å². The molecule has 0 rings (SSSR count). The molecule has 0 unspecified atom stereocenters. The smallest absolute Gasteiger partial charge is 0.406 e. The molecule has 0 fully saturated rings. The summed E-state index contributed by atoms with van der Waals surface area (Å²) >= 11 is 0. The number of carbonyl (C=O) groups is 1. The quantitative estimate of drug-likeness (QED) is 0.570. The molecule has 0 aliphatic carbocycles. The van der Waals surface area contributed by atoms with E-state index < -0.39 is 0 Å². The third-order valence-corrected chi connectivity index (χ3v) is 1.14. The first-order valence-electron chi connectivity index (χ1n) is 3.86. The molecule has 0 aromatic rings. The summed E-state index contributed by atoms with van der Waals surface area (Å²) in [5, 5.41) is 5.48. The number of hydrogen-bond donors (Lipinski definition) is 2. The number of amides is 1. The number of carbonyl (C=O) groups excluding carboxylic acids is 1. The van der Waals surface area contributed by atoms with Gasteiger partial charge in [0.2, 0.25) is 0 Å². The third-order valence-electron chi connectivity index (χ3n) is 1.14. The number of ether oxygens (including phenoxy) is 1. The lowest BCUT2D eigenvalue weighted by molar-refractivity contribution is 0.149. The van der Waals surface area contributed by atoms with Crippen LogP contribution in [0.5, 0.6) is 0 Å². The second-order valence-corrected chi connectivity index (χ2v) is 2.14. The molecule has 4 heteroatoms. The number of rotatable bonds is 5. The third kappa shape index (κ3) is 7.12. The van der Waals surface area contributed by atoms with Gasteiger partial charge in [0, 0.05) is 13.6 Å². The van der Waals surface area contributed by atoms with Gasteiger partial charge in [-0.1, -0.05) is 6.92 Å². The standard InChI is InChI=1S/C7H16N2O2/c1-3-4-9-5-6-11-7(10)8-2/h9H,3-6H2,1-2H3,(H,8,10). The summed E-state index contributed by atoms with van der Waals surface area (Å²) < 4.78 is 4.73. The zero-order valence-corrected chi connectivity index (χ0v) is 7.14. The van der Waals surface area contributed by atoms with Crippen LogP contribution in [0.3, 0.4) is 0 Å². The van der Waals surface area contributed by atoms with Gasteiger partial charge in [-0.2, -0.15) is 0 Å². The van der Waals surface area contributed by atoms with E-state index in [2.05, 4.69) is 17.6 Å². The van der Waals surface area contributed by atoms with Gasteiger partial charge >= 0.3 is 6.09 Å². The summed E-state index contributed by atoms with van der Waals surface area (Å²) in [5.41, 5.74) is 0. The number of nitrogens with one attached hydrogen (secondary N) is 2. The lowest BCUT2D eigenvalue weighted by atomic mass is 10.5. The van der Waals surface area contributed by atoms with Gasteiger partial charge in [0.05, 0.1) is 0 Å². The van der Waals surface area contributed by atoms with Gasteiger partial charge in [-0.05, 0) is 13.0 Å². The maximum Gasteiger partial charge on any atom is 0.406 e. The zero-order valence-electron chi connectivity index (χ0n) is 7.14. The predicted molar refractivity (Wildman–Crippen MR) is 43.6 cm³/mol. The average molecular weight is 160 g/mol. The molecule has 0 aliphatic rings. The van der Waals surface area contributed by atoms with Crippen LogP contribution in [0.25, 0.3) is 0 Å². The van der Waals surface area contributed by atoms with Crippen molar-refractivity contribution in [1.29, 1.82) is 0 Å². The molecule has 11 heavy (non-hydrogen) atoms. The highest BCUT2D eigenvalue weighted by atomic mass is 16.5. The maximum absolute atomic E-state index is 10.5. The second-order valence-electron chi connectivity index (χ2n) is 2.14. The second kappa shape index (κ2) is 7.34. The van der Waals surface area contributed by atoms with E-state index in [1.807, 2.05) is 0 Å². The molecule has 0 heterocycles. The summed E-state index contributed by atoms with van der Waals surface area (Å²) in [5.74, 6) is 0. The molecule has 0 atom stereocenters. The molecule has 0 aliphatic heterocycles. The highest BCUT2D eigenvalue weighted by Gasteiger charge is 1.94. The maximum atomic E-state index is 10.5.